The first kappa shape index (κ1) is 22.5. The van der Waals surface area contributed by atoms with Crippen molar-refractivity contribution in [3.8, 4) is 23.0 Å². The number of nitrogens with zero attached hydrogens (tertiary/aromatic N) is 1. The zero-order valence-corrected chi connectivity index (χ0v) is 19.0. The molecule has 0 aliphatic carbocycles. The first-order chi connectivity index (χ1) is 15.1. The normalized spacial score (nSPS) is 13.1. The maximum Gasteiger partial charge on any atom is 0.254 e. The highest BCUT2D eigenvalue weighted by molar-refractivity contribution is 5.96. The molecule has 0 saturated carbocycles. The van der Waals surface area contributed by atoms with Crippen LogP contribution in [0.3, 0.4) is 0 Å². The van der Waals surface area contributed by atoms with E-state index in [2.05, 4.69) is 0 Å². The summed E-state index contributed by atoms with van der Waals surface area (Å²) in [5, 5.41) is 0. The van der Waals surface area contributed by atoms with E-state index in [0.717, 1.165) is 29.0 Å². The minimum atomic E-state index is -0.0378. The van der Waals surface area contributed by atoms with E-state index in [1.165, 1.54) is 5.56 Å². The van der Waals surface area contributed by atoms with Crippen molar-refractivity contribution in [3.63, 3.8) is 0 Å². The van der Waals surface area contributed by atoms with Crippen molar-refractivity contribution >= 4 is 12.0 Å². The minimum Gasteiger partial charge on any atom is -0.493 e. The van der Waals surface area contributed by atoms with Gasteiger partial charge >= 0.3 is 0 Å². The predicted octanol–water partition coefficient (Wildman–Crippen LogP) is 4.73. The summed E-state index contributed by atoms with van der Waals surface area (Å²) in [5.74, 6) is 2.60. The number of hydrogen-bond acceptors (Lipinski definition) is 5. The number of benzene rings is 2. The van der Waals surface area contributed by atoms with Crippen molar-refractivity contribution in [2.75, 3.05) is 34.0 Å². The molecule has 0 N–H and O–H groups in total. The van der Waals surface area contributed by atoms with Crippen LogP contribution < -0.4 is 18.9 Å². The standard InChI is InChI=1S/C25H31NO5/c1-6-9-18-12-19(14-23(28-4)24(18)29-5)25(27)26-11-10-17-13-21(30-7-2)22(31-8-3)15-20(17)16-26/h6,9,12-15H,7-8,10-11,16H2,1-5H3/b9-6+. The Labute approximate surface area is 184 Å². The van der Waals surface area contributed by atoms with Gasteiger partial charge in [-0.15, -0.1) is 0 Å². The highest BCUT2D eigenvalue weighted by Gasteiger charge is 2.25. The summed E-state index contributed by atoms with van der Waals surface area (Å²) in [7, 11) is 3.17. The van der Waals surface area contributed by atoms with Crippen LogP contribution in [0, 0.1) is 0 Å². The van der Waals surface area contributed by atoms with Gasteiger partial charge in [0.1, 0.15) is 0 Å². The van der Waals surface area contributed by atoms with Crippen LogP contribution in [0.2, 0.25) is 0 Å². The second kappa shape index (κ2) is 10.2. The van der Waals surface area contributed by atoms with Crippen LogP contribution in [0.5, 0.6) is 23.0 Å². The Morgan fingerprint density at radius 3 is 2.23 bits per heavy atom. The van der Waals surface area contributed by atoms with Gasteiger partial charge in [-0.1, -0.05) is 12.2 Å². The predicted molar refractivity (Wildman–Crippen MR) is 121 cm³/mol. The molecule has 6 nitrogen and oxygen atoms in total. The third-order valence-electron chi connectivity index (χ3n) is 5.27. The molecule has 166 valence electrons. The zero-order valence-electron chi connectivity index (χ0n) is 19.0. The first-order valence-electron chi connectivity index (χ1n) is 10.7. The highest BCUT2D eigenvalue weighted by Crippen LogP contribution is 2.36. The number of hydrogen-bond donors (Lipinski definition) is 0. The summed E-state index contributed by atoms with van der Waals surface area (Å²) < 4.78 is 22.5. The van der Waals surface area contributed by atoms with Gasteiger partial charge in [0.05, 0.1) is 27.4 Å². The smallest absolute Gasteiger partial charge is 0.254 e. The van der Waals surface area contributed by atoms with Crippen LogP contribution in [-0.4, -0.2) is 44.8 Å². The fourth-order valence-corrected chi connectivity index (χ4v) is 3.88. The molecule has 0 unspecified atom stereocenters. The molecule has 2 aromatic carbocycles. The largest absolute Gasteiger partial charge is 0.493 e. The lowest BCUT2D eigenvalue weighted by Crippen LogP contribution is -2.36. The summed E-state index contributed by atoms with van der Waals surface area (Å²) in [5.41, 5.74) is 3.66. The summed E-state index contributed by atoms with van der Waals surface area (Å²) in [6.07, 6.45) is 4.59. The van der Waals surface area contributed by atoms with Gasteiger partial charge in [0.15, 0.2) is 23.0 Å². The Morgan fingerprint density at radius 2 is 1.65 bits per heavy atom. The van der Waals surface area contributed by atoms with Crippen molar-refractivity contribution < 1.29 is 23.7 Å². The molecule has 0 radical (unpaired) electrons. The van der Waals surface area contributed by atoms with Gasteiger partial charge in [-0.2, -0.15) is 0 Å². The lowest BCUT2D eigenvalue weighted by molar-refractivity contribution is 0.0734. The molecular weight excluding hydrogens is 394 g/mol. The number of carbonyl (C=O) groups is 1. The first-order valence-corrected chi connectivity index (χ1v) is 10.7. The Morgan fingerprint density at radius 1 is 0.968 bits per heavy atom. The van der Waals surface area contributed by atoms with E-state index in [-0.39, 0.29) is 5.91 Å². The lowest BCUT2D eigenvalue weighted by atomic mass is 9.97. The highest BCUT2D eigenvalue weighted by atomic mass is 16.5. The van der Waals surface area contributed by atoms with E-state index in [0.29, 0.717) is 43.4 Å². The monoisotopic (exact) mass is 425 g/mol. The van der Waals surface area contributed by atoms with Crippen molar-refractivity contribution in [2.45, 2.75) is 33.7 Å². The molecule has 1 aliphatic heterocycles. The molecule has 6 heteroatoms. The molecule has 0 bridgehead atoms. The Hall–Kier alpha value is -3.15. The summed E-state index contributed by atoms with van der Waals surface area (Å²) in [4.78, 5) is 15.2. The number of methoxy groups -OCH3 is 2. The molecule has 1 aliphatic rings. The summed E-state index contributed by atoms with van der Waals surface area (Å²) in [6.45, 7) is 8.13. The van der Waals surface area contributed by atoms with E-state index in [1.807, 2.05) is 56.0 Å². The van der Waals surface area contributed by atoms with Crippen molar-refractivity contribution in [3.05, 3.63) is 52.6 Å². The maximum atomic E-state index is 13.4. The van der Waals surface area contributed by atoms with Gasteiger partial charge in [0.25, 0.3) is 5.91 Å². The molecule has 0 saturated heterocycles. The topological polar surface area (TPSA) is 57.2 Å². The van der Waals surface area contributed by atoms with Crippen LogP contribution in [0.25, 0.3) is 6.08 Å². The molecule has 0 spiro atoms. The molecule has 1 amide bonds. The number of rotatable bonds is 8. The molecule has 3 rings (SSSR count). The Kier molecular flexibility index (Phi) is 7.45. The van der Waals surface area contributed by atoms with Crippen LogP contribution >= 0.6 is 0 Å². The zero-order chi connectivity index (χ0) is 22.4. The van der Waals surface area contributed by atoms with Crippen molar-refractivity contribution in [1.82, 2.24) is 4.90 Å². The van der Waals surface area contributed by atoms with Gasteiger partial charge in [0, 0.05) is 24.2 Å². The number of ether oxygens (including phenoxy) is 4. The minimum absolute atomic E-state index is 0.0378. The number of amides is 1. The SMILES string of the molecule is C/C=C/c1cc(C(=O)N2CCc3cc(OCC)c(OCC)cc3C2)cc(OC)c1OC. The second-order valence-corrected chi connectivity index (χ2v) is 7.21. The summed E-state index contributed by atoms with van der Waals surface area (Å²) >= 11 is 0. The molecule has 0 fully saturated rings. The number of allylic oxidation sites excluding steroid dienone is 1. The van der Waals surface area contributed by atoms with Crippen LogP contribution in [0.4, 0.5) is 0 Å². The van der Waals surface area contributed by atoms with E-state index in [9.17, 15) is 4.79 Å². The summed E-state index contributed by atoms with van der Waals surface area (Å²) in [6, 6.07) is 7.64. The number of carbonyl (C=O) groups excluding carboxylic acids is 1. The molecule has 2 aromatic rings. The van der Waals surface area contributed by atoms with Gasteiger partial charge in [-0.3, -0.25) is 4.79 Å². The van der Waals surface area contributed by atoms with E-state index in [4.69, 9.17) is 18.9 Å². The van der Waals surface area contributed by atoms with Gasteiger partial charge in [-0.05, 0) is 62.6 Å². The lowest BCUT2D eigenvalue weighted by Gasteiger charge is -2.30. The average Bonchev–Trinajstić information content (AvgIpc) is 2.78. The average molecular weight is 426 g/mol. The van der Waals surface area contributed by atoms with Crippen LogP contribution in [-0.2, 0) is 13.0 Å². The van der Waals surface area contributed by atoms with Gasteiger partial charge in [0.2, 0.25) is 0 Å². The molecule has 31 heavy (non-hydrogen) atoms. The van der Waals surface area contributed by atoms with E-state index >= 15 is 0 Å². The van der Waals surface area contributed by atoms with Gasteiger partial charge in [-0.25, -0.2) is 0 Å². The van der Waals surface area contributed by atoms with Crippen LogP contribution in [0.15, 0.2) is 30.3 Å². The van der Waals surface area contributed by atoms with Crippen molar-refractivity contribution in [2.24, 2.45) is 0 Å². The van der Waals surface area contributed by atoms with Crippen molar-refractivity contribution in [1.29, 1.82) is 0 Å². The second-order valence-electron chi connectivity index (χ2n) is 7.21. The fourth-order valence-electron chi connectivity index (χ4n) is 3.88. The van der Waals surface area contributed by atoms with Crippen LogP contribution in [0.1, 0.15) is 47.8 Å². The maximum absolute atomic E-state index is 13.4. The Balaban J connectivity index is 1.91. The van der Waals surface area contributed by atoms with E-state index < -0.39 is 0 Å². The molecule has 0 aromatic heterocycles. The van der Waals surface area contributed by atoms with E-state index in [1.54, 1.807) is 20.3 Å². The number of fused-ring (bicyclic) bond motifs is 1. The van der Waals surface area contributed by atoms with Gasteiger partial charge < -0.3 is 23.8 Å². The fraction of sp³-hybridized carbons (Fsp3) is 0.400. The third-order valence-corrected chi connectivity index (χ3v) is 5.27. The molecule has 0 atom stereocenters. The third kappa shape index (κ3) is 4.79. The Bertz CT molecular complexity index is 967. The quantitative estimate of drug-likeness (QED) is 0.612. The molecule has 1 heterocycles. The molecular formula is C25H31NO5.